The van der Waals surface area contributed by atoms with Crippen molar-refractivity contribution < 1.29 is 4.79 Å². The Morgan fingerprint density at radius 3 is 2.44 bits per heavy atom. The minimum Gasteiger partial charge on any atom is -0.317 e. The molecule has 86 valence electrons. The first-order valence-corrected chi connectivity index (χ1v) is 5.50. The fraction of sp³-hybridized carbons (Fsp3) is 0.300. The Morgan fingerprint density at radius 2 is 1.94 bits per heavy atom. The number of amides is 2. The molecule has 6 heteroatoms. The van der Waals surface area contributed by atoms with E-state index in [0.717, 1.165) is 0 Å². The molecule has 0 saturated carbocycles. The predicted molar refractivity (Wildman–Crippen MR) is 64.7 cm³/mol. The molecular weight excluding hydrogens is 249 g/mol. The van der Waals surface area contributed by atoms with Crippen LogP contribution in [0.3, 0.4) is 0 Å². The molecule has 1 aliphatic rings. The number of hydrogen-bond donors (Lipinski definition) is 2. The zero-order valence-corrected chi connectivity index (χ0v) is 10.4. The van der Waals surface area contributed by atoms with Crippen LogP contribution in [0.4, 0.5) is 10.5 Å². The lowest BCUT2D eigenvalue weighted by Gasteiger charge is -2.20. The summed E-state index contributed by atoms with van der Waals surface area (Å²) in [5, 5.41) is 5.06. The first kappa shape index (κ1) is 11.5. The van der Waals surface area contributed by atoms with E-state index in [1.807, 2.05) is 13.8 Å². The number of halogens is 2. The molecular formula is C10H11Cl2N3O. The van der Waals surface area contributed by atoms with Gasteiger partial charge in [-0.2, -0.15) is 0 Å². The van der Waals surface area contributed by atoms with Gasteiger partial charge in [-0.25, -0.2) is 15.2 Å². The second-order valence-electron chi connectivity index (χ2n) is 4.10. The van der Waals surface area contributed by atoms with Gasteiger partial charge in [0.15, 0.2) is 0 Å². The van der Waals surface area contributed by atoms with E-state index in [2.05, 4.69) is 10.7 Å². The Kier molecular flexibility index (Phi) is 2.74. The van der Waals surface area contributed by atoms with Gasteiger partial charge in [0.1, 0.15) is 5.66 Å². The molecule has 0 spiro atoms. The van der Waals surface area contributed by atoms with Crippen LogP contribution in [0.2, 0.25) is 10.0 Å². The van der Waals surface area contributed by atoms with E-state index in [1.165, 1.54) is 5.01 Å². The van der Waals surface area contributed by atoms with Crippen LogP contribution in [-0.2, 0) is 0 Å². The standard InChI is InChI=1S/C10H11Cl2N3O/c1-10(2)13-9(16)15(14-10)6-3-4-7(11)8(12)5-6/h3-5,14H,1-2H3,(H,13,16). The van der Waals surface area contributed by atoms with Crippen LogP contribution in [0.5, 0.6) is 0 Å². The summed E-state index contributed by atoms with van der Waals surface area (Å²) in [7, 11) is 0. The van der Waals surface area contributed by atoms with Gasteiger partial charge >= 0.3 is 6.03 Å². The zero-order chi connectivity index (χ0) is 11.9. The van der Waals surface area contributed by atoms with E-state index in [4.69, 9.17) is 23.2 Å². The highest BCUT2D eigenvalue weighted by molar-refractivity contribution is 6.42. The van der Waals surface area contributed by atoms with Gasteiger partial charge in [-0.3, -0.25) is 0 Å². The van der Waals surface area contributed by atoms with Crippen LogP contribution < -0.4 is 15.8 Å². The van der Waals surface area contributed by atoms with Crippen molar-refractivity contribution in [3.8, 4) is 0 Å². The lowest BCUT2D eigenvalue weighted by molar-refractivity contribution is 0.248. The second-order valence-corrected chi connectivity index (χ2v) is 4.92. The SMILES string of the molecule is CC1(C)NC(=O)N(c2ccc(Cl)c(Cl)c2)N1. The number of nitrogens with zero attached hydrogens (tertiary/aromatic N) is 1. The van der Waals surface area contributed by atoms with Crippen molar-refractivity contribution in [1.82, 2.24) is 10.7 Å². The van der Waals surface area contributed by atoms with E-state index in [-0.39, 0.29) is 6.03 Å². The van der Waals surface area contributed by atoms with Gasteiger partial charge in [-0.15, -0.1) is 0 Å². The van der Waals surface area contributed by atoms with E-state index < -0.39 is 5.66 Å². The number of hydrazine groups is 1. The highest BCUT2D eigenvalue weighted by Crippen LogP contribution is 2.28. The number of benzene rings is 1. The third kappa shape index (κ3) is 2.09. The number of anilines is 1. The summed E-state index contributed by atoms with van der Waals surface area (Å²) in [5.41, 5.74) is 3.20. The molecule has 0 bridgehead atoms. The molecule has 2 amide bonds. The van der Waals surface area contributed by atoms with Crippen LogP contribution in [0.25, 0.3) is 0 Å². The summed E-state index contributed by atoms with van der Waals surface area (Å²) in [5.74, 6) is 0. The van der Waals surface area contributed by atoms with Crippen molar-refractivity contribution in [3.63, 3.8) is 0 Å². The highest BCUT2D eigenvalue weighted by Gasteiger charge is 2.35. The monoisotopic (exact) mass is 259 g/mol. The number of rotatable bonds is 1. The van der Waals surface area contributed by atoms with Gasteiger partial charge in [0.2, 0.25) is 0 Å². The lowest BCUT2D eigenvalue weighted by Crippen LogP contribution is -2.45. The Morgan fingerprint density at radius 1 is 1.25 bits per heavy atom. The number of nitrogens with one attached hydrogen (secondary N) is 2. The summed E-state index contributed by atoms with van der Waals surface area (Å²) >= 11 is 11.7. The molecule has 1 aliphatic heterocycles. The molecule has 0 aromatic heterocycles. The van der Waals surface area contributed by atoms with Crippen LogP contribution in [0.15, 0.2) is 18.2 Å². The average Bonchev–Trinajstić information content (AvgIpc) is 2.45. The summed E-state index contributed by atoms with van der Waals surface area (Å²) in [6.45, 7) is 3.73. The van der Waals surface area contributed by atoms with E-state index >= 15 is 0 Å². The maximum absolute atomic E-state index is 11.7. The van der Waals surface area contributed by atoms with Gasteiger partial charge in [-0.05, 0) is 32.0 Å². The van der Waals surface area contributed by atoms with Gasteiger partial charge in [-0.1, -0.05) is 23.2 Å². The first-order valence-electron chi connectivity index (χ1n) is 4.74. The summed E-state index contributed by atoms with van der Waals surface area (Å²) in [6, 6.07) is 4.79. The molecule has 2 rings (SSSR count). The normalized spacial score (nSPS) is 18.8. The molecule has 0 unspecified atom stereocenters. The average molecular weight is 260 g/mol. The Balaban J connectivity index is 2.32. The van der Waals surface area contributed by atoms with Gasteiger partial charge in [0.25, 0.3) is 0 Å². The molecule has 0 atom stereocenters. The summed E-state index contributed by atoms with van der Waals surface area (Å²) < 4.78 is 0. The van der Waals surface area contributed by atoms with E-state index in [1.54, 1.807) is 18.2 Å². The van der Waals surface area contributed by atoms with Crippen molar-refractivity contribution in [2.75, 3.05) is 5.01 Å². The topological polar surface area (TPSA) is 44.4 Å². The van der Waals surface area contributed by atoms with Crippen LogP contribution in [0, 0.1) is 0 Å². The second kappa shape index (κ2) is 3.80. The third-order valence-corrected chi connectivity index (χ3v) is 2.91. The predicted octanol–water partition coefficient (Wildman–Crippen LogP) is 2.76. The molecule has 0 aliphatic carbocycles. The van der Waals surface area contributed by atoms with Crippen molar-refractivity contribution >= 4 is 34.9 Å². The summed E-state index contributed by atoms with van der Waals surface area (Å²) in [4.78, 5) is 11.7. The Bertz CT molecular complexity index is 448. The fourth-order valence-electron chi connectivity index (χ4n) is 1.49. The number of hydrogen-bond acceptors (Lipinski definition) is 2. The molecule has 1 heterocycles. The smallest absolute Gasteiger partial charge is 0.317 e. The van der Waals surface area contributed by atoms with Crippen molar-refractivity contribution in [2.24, 2.45) is 0 Å². The lowest BCUT2D eigenvalue weighted by atomic mass is 10.3. The van der Waals surface area contributed by atoms with E-state index in [0.29, 0.717) is 15.7 Å². The minimum absolute atomic E-state index is 0.219. The molecule has 1 saturated heterocycles. The van der Waals surface area contributed by atoms with Gasteiger partial charge in [0, 0.05) is 0 Å². The first-order chi connectivity index (χ1) is 7.39. The minimum atomic E-state index is -0.469. The van der Waals surface area contributed by atoms with E-state index in [9.17, 15) is 4.79 Å². The number of carbonyl (C=O) groups excluding carboxylic acids is 1. The molecule has 1 aromatic carbocycles. The fourth-order valence-corrected chi connectivity index (χ4v) is 1.78. The largest absolute Gasteiger partial charge is 0.338 e. The maximum Gasteiger partial charge on any atom is 0.338 e. The van der Waals surface area contributed by atoms with Crippen molar-refractivity contribution in [2.45, 2.75) is 19.5 Å². The number of carbonyl (C=O) groups is 1. The molecule has 2 N–H and O–H groups in total. The van der Waals surface area contributed by atoms with Crippen LogP contribution in [-0.4, -0.2) is 11.7 Å². The van der Waals surface area contributed by atoms with Crippen molar-refractivity contribution in [1.29, 1.82) is 0 Å². The summed E-state index contributed by atoms with van der Waals surface area (Å²) in [6.07, 6.45) is 0. The van der Waals surface area contributed by atoms with Gasteiger partial charge in [0.05, 0.1) is 15.7 Å². The molecule has 4 nitrogen and oxygen atoms in total. The quantitative estimate of drug-likeness (QED) is 0.815. The van der Waals surface area contributed by atoms with Crippen molar-refractivity contribution in [3.05, 3.63) is 28.2 Å². The zero-order valence-electron chi connectivity index (χ0n) is 8.84. The third-order valence-electron chi connectivity index (χ3n) is 2.18. The Labute approximate surface area is 103 Å². The molecule has 16 heavy (non-hydrogen) atoms. The molecule has 0 radical (unpaired) electrons. The van der Waals surface area contributed by atoms with Crippen LogP contribution in [0.1, 0.15) is 13.8 Å². The van der Waals surface area contributed by atoms with Gasteiger partial charge < -0.3 is 5.32 Å². The molecule has 1 fully saturated rings. The highest BCUT2D eigenvalue weighted by atomic mass is 35.5. The molecule has 1 aromatic rings. The number of urea groups is 1. The van der Waals surface area contributed by atoms with Crippen LogP contribution >= 0.6 is 23.2 Å². The maximum atomic E-state index is 11.7. The Hall–Kier alpha value is -0.970.